The number of phenols is 1. The van der Waals surface area contributed by atoms with E-state index >= 15 is 0 Å². The van der Waals surface area contributed by atoms with Gasteiger partial charge in [-0.3, -0.25) is 14.9 Å². The van der Waals surface area contributed by atoms with E-state index in [4.69, 9.17) is 4.74 Å². The topological polar surface area (TPSA) is 94.1 Å². The molecule has 2 aromatic rings. The summed E-state index contributed by atoms with van der Waals surface area (Å²) in [6.07, 6.45) is 3.64. The number of fused-ring (bicyclic) bond motifs is 1. The van der Waals surface area contributed by atoms with Crippen molar-refractivity contribution >= 4 is 17.5 Å². The number of aromatic hydroxyl groups is 1. The molecule has 1 aliphatic heterocycles. The Hall–Kier alpha value is -3.19. The van der Waals surface area contributed by atoms with Gasteiger partial charge in [-0.25, -0.2) is 0 Å². The number of allylic oxidation sites excluding steroid dienone is 1. The van der Waals surface area contributed by atoms with Crippen molar-refractivity contribution in [2.45, 2.75) is 26.3 Å². The Morgan fingerprint density at radius 3 is 2.79 bits per heavy atom. The summed E-state index contributed by atoms with van der Waals surface area (Å²) in [6, 6.07) is 9.05. The second-order valence-corrected chi connectivity index (χ2v) is 6.97. The van der Waals surface area contributed by atoms with Gasteiger partial charge in [-0.15, -0.1) is 0 Å². The van der Waals surface area contributed by atoms with Crippen molar-refractivity contribution in [2.24, 2.45) is 0 Å². The van der Waals surface area contributed by atoms with Crippen LogP contribution in [0.5, 0.6) is 11.5 Å². The van der Waals surface area contributed by atoms with Crippen molar-refractivity contribution < 1.29 is 24.5 Å². The minimum atomic E-state index is -0.487. The largest absolute Gasteiger partial charge is 0.507 e. The number of non-ortho nitro benzene ring substituents is 1. The van der Waals surface area contributed by atoms with Crippen LogP contribution in [0.25, 0.3) is 6.08 Å². The van der Waals surface area contributed by atoms with Gasteiger partial charge in [-0.05, 0) is 30.2 Å². The smallest absolute Gasteiger partial charge is 0.270 e. The van der Waals surface area contributed by atoms with Gasteiger partial charge < -0.3 is 14.7 Å². The number of nitro benzene ring substituents is 1. The van der Waals surface area contributed by atoms with Gasteiger partial charge in [0.05, 0.1) is 29.6 Å². The van der Waals surface area contributed by atoms with Crippen LogP contribution in [0.3, 0.4) is 0 Å². The van der Waals surface area contributed by atoms with Crippen molar-refractivity contribution in [3.05, 3.63) is 69.0 Å². The molecule has 0 saturated heterocycles. The van der Waals surface area contributed by atoms with Gasteiger partial charge in [-0.1, -0.05) is 25.5 Å². The van der Waals surface area contributed by atoms with E-state index in [1.165, 1.54) is 29.2 Å². The number of unbranched alkanes of at least 4 members (excludes halogenated alkanes) is 1. The minimum absolute atomic E-state index is 0.0585. The lowest BCUT2D eigenvalue weighted by Gasteiger charge is -2.16. The van der Waals surface area contributed by atoms with E-state index in [1.54, 1.807) is 18.2 Å². The van der Waals surface area contributed by atoms with Gasteiger partial charge in [0.2, 0.25) is 5.78 Å². The number of rotatable bonds is 7. The highest BCUT2D eigenvalue weighted by molar-refractivity contribution is 6.15. The zero-order chi connectivity index (χ0) is 20.3. The number of benzene rings is 2. The van der Waals surface area contributed by atoms with Crippen LogP contribution in [-0.2, 0) is 6.54 Å². The average molecular weight is 383 g/mol. The molecule has 7 heteroatoms. The highest BCUT2D eigenvalue weighted by atomic mass is 16.6. The Labute approximate surface area is 163 Å². The van der Waals surface area contributed by atoms with Gasteiger partial charge in [0.15, 0.2) is 11.5 Å². The molecule has 0 radical (unpaired) electrons. The summed E-state index contributed by atoms with van der Waals surface area (Å²) in [7, 11) is 2.03. The molecular formula is C21H23N2O5+. The van der Waals surface area contributed by atoms with E-state index in [9.17, 15) is 20.0 Å². The van der Waals surface area contributed by atoms with Gasteiger partial charge >= 0.3 is 0 Å². The summed E-state index contributed by atoms with van der Waals surface area (Å²) < 4.78 is 5.81. The zero-order valence-electron chi connectivity index (χ0n) is 15.9. The molecular weight excluding hydrogens is 360 g/mol. The van der Waals surface area contributed by atoms with Crippen molar-refractivity contribution in [1.29, 1.82) is 0 Å². The number of ether oxygens (including phenoxy) is 1. The number of carbonyl (C=O) groups excluding carboxylic acids is 1. The first-order valence-corrected chi connectivity index (χ1v) is 9.25. The maximum Gasteiger partial charge on any atom is 0.270 e. The third kappa shape index (κ3) is 4.04. The standard InChI is InChI=1S/C21H22N2O5/c1-3-4-10-22(2)13-17-18(24)9-8-16-20(25)19(28-21(16)17)12-14-6-5-7-15(11-14)23(26)27/h5-9,11-12,24H,3-4,10,13H2,1-2H3/p+1/b19-12-. The van der Waals surface area contributed by atoms with Crippen LogP contribution in [0.15, 0.2) is 42.2 Å². The van der Waals surface area contributed by atoms with Gasteiger partial charge in [-0.2, -0.15) is 0 Å². The molecule has 0 amide bonds. The summed E-state index contributed by atoms with van der Waals surface area (Å²) >= 11 is 0. The predicted octanol–water partition coefficient (Wildman–Crippen LogP) is 2.73. The number of ketones is 1. The maximum absolute atomic E-state index is 12.7. The third-order valence-corrected chi connectivity index (χ3v) is 4.73. The number of nitro groups is 1. The predicted molar refractivity (Wildman–Crippen MR) is 105 cm³/mol. The number of nitrogens with one attached hydrogen (secondary N) is 1. The molecule has 1 aliphatic rings. The molecule has 3 rings (SSSR count). The van der Waals surface area contributed by atoms with Crippen LogP contribution in [0.4, 0.5) is 5.69 Å². The van der Waals surface area contributed by atoms with Crippen molar-refractivity contribution in [3.63, 3.8) is 0 Å². The Morgan fingerprint density at radius 2 is 2.07 bits per heavy atom. The number of carbonyl (C=O) groups is 1. The van der Waals surface area contributed by atoms with E-state index in [0.717, 1.165) is 19.4 Å². The average Bonchev–Trinajstić information content (AvgIpc) is 2.98. The first-order chi connectivity index (χ1) is 13.4. The summed E-state index contributed by atoms with van der Waals surface area (Å²) in [4.78, 5) is 24.4. The lowest BCUT2D eigenvalue weighted by Crippen LogP contribution is -3.07. The molecule has 2 N–H and O–H groups in total. The second kappa shape index (κ2) is 8.22. The molecule has 0 aromatic heterocycles. The highest BCUT2D eigenvalue weighted by Crippen LogP contribution is 2.39. The summed E-state index contributed by atoms with van der Waals surface area (Å²) in [5, 5.41) is 21.3. The Kier molecular flexibility index (Phi) is 5.75. The second-order valence-electron chi connectivity index (χ2n) is 6.97. The molecule has 0 fully saturated rings. The van der Waals surface area contributed by atoms with Crippen LogP contribution in [0.2, 0.25) is 0 Å². The quantitative estimate of drug-likeness (QED) is 0.436. The van der Waals surface area contributed by atoms with Crippen LogP contribution in [-0.4, -0.2) is 29.4 Å². The van der Waals surface area contributed by atoms with Crippen molar-refractivity contribution in [3.8, 4) is 11.5 Å². The summed E-state index contributed by atoms with van der Waals surface area (Å²) in [6.45, 7) is 3.61. The number of Topliss-reactive ketones (excluding diaryl/α,β-unsaturated/α-hetero) is 1. The number of hydrogen-bond acceptors (Lipinski definition) is 5. The molecule has 2 aromatic carbocycles. The fraction of sp³-hybridized carbons (Fsp3) is 0.286. The third-order valence-electron chi connectivity index (χ3n) is 4.73. The van der Waals surface area contributed by atoms with E-state index in [1.807, 2.05) is 7.05 Å². The minimum Gasteiger partial charge on any atom is -0.507 e. The molecule has 1 atom stereocenters. The van der Waals surface area contributed by atoms with Crippen molar-refractivity contribution in [1.82, 2.24) is 0 Å². The van der Waals surface area contributed by atoms with Crippen LogP contribution >= 0.6 is 0 Å². The fourth-order valence-electron chi connectivity index (χ4n) is 3.22. The summed E-state index contributed by atoms with van der Waals surface area (Å²) in [5.41, 5.74) is 1.44. The van der Waals surface area contributed by atoms with Gasteiger partial charge in [0, 0.05) is 12.1 Å². The summed E-state index contributed by atoms with van der Waals surface area (Å²) in [5.74, 6) is 0.263. The SMILES string of the molecule is CCCC[NH+](C)Cc1c(O)ccc2c1O/C(=C\c1cccc([N+](=O)[O-])c1)C2=O. The lowest BCUT2D eigenvalue weighted by atomic mass is 10.0. The number of quaternary nitrogens is 1. The van der Waals surface area contributed by atoms with Crippen molar-refractivity contribution in [2.75, 3.05) is 13.6 Å². The van der Waals surface area contributed by atoms with Crippen LogP contribution < -0.4 is 9.64 Å². The molecule has 0 saturated carbocycles. The van der Waals surface area contributed by atoms with Crippen LogP contribution in [0, 0.1) is 10.1 Å². The van der Waals surface area contributed by atoms with E-state index in [2.05, 4.69) is 6.92 Å². The van der Waals surface area contributed by atoms with E-state index in [0.29, 0.717) is 29.0 Å². The number of nitrogens with zero attached hydrogens (tertiary/aromatic N) is 1. The normalized spacial score (nSPS) is 15.4. The molecule has 0 aliphatic carbocycles. The monoisotopic (exact) mass is 383 g/mol. The first kappa shape index (κ1) is 19.6. The molecule has 0 spiro atoms. The number of hydrogen-bond donors (Lipinski definition) is 2. The molecule has 1 heterocycles. The Bertz CT molecular complexity index is 952. The Balaban J connectivity index is 1.91. The van der Waals surface area contributed by atoms with Gasteiger partial charge in [0.1, 0.15) is 12.3 Å². The van der Waals surface area contributed by atoms with E-state index in [-0.39, 0.29) is 23.0 Å². The zero-order valence-corrected chi connectivity index (χ0v) is 15.9. The fourth-order valence-corrected chi connectivity index (χ4v) is 3.22. The molecule has 7 nitrogen and oxygen atoms in total. The first-order valence-electron chi connectivity index (χ1n) is 9.25. The van der Waals surface area contributed by atoms with E-state index < -0.39 is 4.92 Å². The van der Waals surface area contributed by atoms with Crippen LogP contribution in [0.1, 0.15) is 41.3 Å². The Morgan fingerprint density at radius 1 is 1.29 bits per heavy atom. The molecule has 146 valence electrons. The molecule has 0 bridgehead atoms. The van der Waals surface area contributed by atoms with Gasteiger partial charge in [0.25, 0.3) is 5.69 Å². The lowest BCUT2D eigenvalue weighted by molar-refractivity contribution is -0.894. The molecule has 1 unspecified atom stereocenters. The number of phenolic OH excluding ortho intramolecular Hbond substituents is 1. The molecule has 28 heavy (non-hydrogen) atoms. The highest BCUT2D eigenvalue weighted by Gasteiger charge is 2.32. The maximum atomic E-state index is 12.7.